The van der Waals surface area contributed by atoms with E-state index >= 15 is 0 Å². The van der Waals surface area contributed by atoms with Crippen LogP contribution in [0.4, 0.5) is 0 Å². The molecule has 2 aromatic rings. The van der Waals surface area contributed by atoms with Crippen molar-refractivity contribution in [2.45, 2.75) is 25.2 Å². The normalized spacial score (nSPS) is 14.5. The van der Waals surface area contributed by atoms with Crippen LogP contribution in [-0.2, 0) is 6.42 Å². The van der Waals surface area contributed by atoms with E-state index in [1.54, 1.807) is 11.3 Å². The summed E-state index contributed by atoms with van der Waals surface area (Å²) in [5, 5.41) is 10.2. The van der Waals surface area contributed by atoms with Gasteiger partial charge in [-0.05, 0) is 18.4 Å². The van der Waals surface area contributed by atoms with Crippen LogP contribution in [0.25, 0.3) is 0 Å². The molecule has 0 atom stereocenters. The molecule has 1 aromatic heterocycles. The summed E-state index contributed by atoms with van der Waals surface area (Å²) in [7, 11) is 0. The van der Waals surface area contributed by atoms with E-state index in [-0.39, 0.29) is 0 Å². The maximum absolute atomic E-state index is 9.09. The summed E-state index contributed by atoms with van der Waals surface area (Å²) in [6.45, 7) is 0. The molecule has 0 amide bonds. The average Bonchev–Trinajstić information content (AvgIpc) is 3.13. The lowest BCUT2D eigenvalue weighted by Gasteiger charge is -1.95. The average molecular weight is 240 g/mol. The molecule has 1 aliphatic rings. The SMILES string of the molecule is N#Cc1sc(Cc2ccccc2)nc1C1CC1. The number of nitrogens with zero attached hydrogens (tertiary/aromatic N) is 2. The fraction of sp³-hybridized carbons (Fsp3) is 0.286. The lowest BCUT2D eigenvalue weighted by molar-refractivity contribution is 1.00. The van der Waals surface area contributed by atoms with E-state index in [0.29, 0.717) is 5.92 Å². The first-order valence-corrected chi connectivity index (χ1v) is 6.62. The molecule has 84 valence electrons. The van der Waals surface area contributed by atoms with E-state index in [9.17, 15) is 0 Å². The fourth-order valence-electron chi connectivity index (χ4n) is 1.94. The van der Waals surface area contributed by atoms with Gasteiger partial charge in [-0.1, -0.05) is 30.3 Å². The molecular formula is C14H12N2S. The molecule has 17 heavy (non-hydrogen) atoms. The minimum Gasteiger partial charge on any atom is -0.244 e. The van der Waals surface area contributed by atoms with Gasteiger partial charge in [-0.15, -0.1) is 11.3 Å². The molecule has 0 unspecified atom stereocenters. The molecule has 1 aromatic carbocycles. The molecule has 3 heteroatoms. The third-order valence-corrected chi connectivity index (χ3v) is 3.94. The van der Waals surface area contributed by atoms with Gasteiger partial charge in [0.1, 0.15) is 10.9 Å². The molecule has 0 spiro atoms. The highest BCUT2D eigenvalue weighted by Gasteiger charge is 2.29. The highest BCUT2D eigenvalue weighted by atomic mass is 32.1. The Morgan fingerprint density at radius 1 is 1.29 bits per heavy atom. The van der Waals surface area contributed by atoms with E-state index in [0.717, 1.165) is 22.0 Å². The first kappa shape index (κ1) is 10.5. The Bertz CT molecular complexity index is 562. The van der Waals surface area contributed by atoms with Crippen LogP contribution in [0.15, 0.2) is 30.3 Å². The molecule has 0 aliphatic heterocycles. The van der Waals surface area contributed by atoms with Crippen molar-refractivity contribution in [2.75, 3.05) is 0 Å². The fourth-order valence-corrected chi connectivity index (χ4v) is 2.92. The van der Waals surface area contributed by atoms with Gasteiger partial charge >= 0.3 is 0 Å². The number of hydrogen-bond donors (Lipinski definition) is 0. The van der Waals surface area contributed by atoms with E-state index < -0.39 is 0 Å². The Labute approximate surface area is 105 Å². The zero-order valence-electron chi connectivity index (χ0n) is 9.39. The second-order valence-electron chi connectivity index (χ2n) is 4.37. The van der Waals surface area contributed by atoms with Gasteiger partial charge in [0.05, 0.1) is 10.7 Å². The highest BCUT2D eigenvalue weighted by Crippen LogP contribution is 2.42. The van der Waals surface area contributed by atoms with Crippen LogP contribution < -0.4 is 0 Å². The van der Waals surface area contributed by atoms with Crippen LogP contribution in [0.5, 0.6) is 0 Å². The van der Waals surface area contributed by atoms with E-state index in [1.165, 1.54) is 18.4 Å². The van der Waals surface area contributed by atoms with Crippen LogP contribution in [0, 0.1) is 11.3 Å². The summed E-state index contributed by atoms with van der Waals surface area (Å²) in [5.41, 5.74) is 2.30. The lowest BCUT2D eigenvalue weighted by Crippen LogP contribution is -1.88. The summed E-state index contributed by atoms with van der Waals surface area (Å²) in [4.78, 5) is 5.45. The van der Waals surface area contributed by atoms with Crippen LogP contribution in [0.2, 0.25) is 0 Å². The second-order valence-corrected chi connectivity index (χ2v) is 5.45. The number of rotatable bonds is 3. The van der Waals surface area contributed by atoms with Gasteiger partial charge in [0.15, 0.2) is 0 Å². The van der Waals surface area contributed by atoms with Crippen molar-refractivity contribution in [3.63, 3.8) is 0 Å². The van der Waals surface area contributed by atoms with E-state index in [2.05, 4.69) is 23.2 Å². The number of aromatic nitrogens is 1. The molecule has 3 rings (SSSR count). The van der Waals surface area contributed by atoms with Gasteiger partial charge in [0, 0.05) is 12.3 Å². The molecule has 0 saturated heterocycles. The predicted octanol–water partition coefficient (Wildman–Crippen LogP) is 3.48. The third-order valence-electron chi connectivity index (χ3n) is 2.96. The van der Waals surface area contributed by atoms with Crippen LogP contribution >= 0.6 is 11.3 Å². The Kier molecular flexibility index (Phi) is 2.66. The molecule has 2 nitrogen and oxygen atoms in total. The van der Waals surface area contributed by atoms with Gasteiger partial charge < -0.3 is 0 Å². The largest absolute Gasteiger partial charge is 0.244 e. The van der Waals surface area contributed by atoms with Crippen molar-refractivity contribution in [3.05, 3.63) is 51.5 Å². The number of hydrogen-bond acceptors (Lipinski definition) is 3. The zero-order chi connectivity index (χ0) is 11.7. The first-order valence-electron chi connectivity index (χ1n) is 5.80. The summed E-state index contributed by atoms with van der Waals surface area (Å²) in [6, 6.07) is 12.6. The standard InChI is InChI=1S/C14H12N2S/c15-9-12-14(11-6-7-11)16-13(17-12)8-10-4-2-1-3-5-10/h1-5,11H,6-8H2. The van der Waals surface area contributed by atoms with Crippen molar-refractivity contribution >= 4 is 11.3 Å². The van der Waals surface area contributed by atoms with Gasteiger partial charge in [-0.2, -0.15) is 5.26 Å². The number of benzene rings is 1. The van der Waals surface area contributed by atoms with Gasteiger partial charge in [-0.3, -0.25) is 0 Å². The summed E-state index contributed by atoms with van der Waals surface area (Å²) in [6.07, 6.45) is 3.24. The molecule has 1 aliphatic carbocycles. The van der Waals surface area contributed by atoms with Crippen molar-refractivity contribution in [3.8, 4) is 6.07 Å². The molecule has 1 saturated carbocycles. The maximum Gasteiger partial charge on any atom is 0.128 e. The maximum atomic E-state index is 9.09. The van der Waals surface area contributed by atoms with E-state index in [1.807, 2.05) is 18.2 Å². The molecule has 0 radical (unpaired) electrons. The highest BCUT2D eigenvalue weighted by molar-refractivity contribution is 7.12. The van der Waals surface area contributed by atoms with Crippen molar-refractivity contribution in [2.24, 2.45) is 0 Å². The molecular weight excluding hydrogens is 228 g/mol. The van der Waals surface area contributed by atoms with Crippen molar-refractivity contribution in [1.82, 2.24) is 4.98 Å². The first-order chi connectivity index (χ1) is 8.36. The van der Waals surface area contributed by atoms with E-state index in [4.69, 9.17) is 5.26 Å². The monoisotopic (exact) mass is 240 g/mol. The number of nitriles is 1. The quantitative estimate of drug-likeness (QED) is 0.823. The second kappa shape index (κ2) is 4.31. The Morgan fingerprint density at radius 3 is 2.71 bits per heavy atom. The summed E-state index contributed by atoms with van der Waals surface area (Å²) >= 11 is 1.55. The molecule has 0 N–H and O–H groups in total. The van der Waals surface area contributed by atoms with Gasteiger partial charge in [0.25, 0.3) is 0 Å². The molecule has 0 bridgehead atoms. The Morgan fingerprint density at radius 2 is 2.06 bits per heavy atom. The minimum atomic E-state index is 0.561. The van der Waals surface area contributed by atoms with Gasteiger partial charge in [-0.25, -0.2) is 4.98 Å². The zero-order valence-corrected chi connectivity index (χ0v) is 10.2. The predicted molar refractivity (Wildman–Crippen MR) is 68.1 cm³/mol. The third kappa shape index (κ3) is 2.22. The minimum absolute atomic E-state index is 0.561. The number of thiazole rings is 1. The van der Waals surface area contributed by atoms with Crippen molar-refractivity contribution in [1.29, 1.82) is 5.26 Å². The van der Waals surface area contributed by atoms with Gasteiger partial charge in [0.2, 0.25) is 0 Å². The Hall–Kier alpha value is -1.66. The van der Waals surface area contributed by atoms with Crippen LogP contribution in [-0.4, -0.2) is 4.98 Å². The molecule has 1 fully saturated rings. The Balaban J connectivity index is 1.87. The molecule has 1 heterocycles. The van der Waals surface area contributed by atoms with Crippen LogP contribution in [0.1, 0.15) is 39.9 Å². The summed E-state index contributed by atoms with van der Waals surface area (Å²) < 4.78 is 0. The summed E-state index contributed by atoms with van der Waals surface area (Å²) in [5.74, 6) is 0.561. The lowest BCUT2D eigenvalue weighted by atomic mass is 10.2. The topological polar surface area (TPSA) is 36.7 Å². The van der Waals surface area contributed by atoms with Crippen molar-refractivity contribution < 1.29 is 0 Å². The van der Waals surface area contributed by atoms with Crippen LogP contribution in [0.3, 0.4) is 0 Å². The smallest absolute Gasteiger partial charge is 0.128 e.